The number of hydrogen-bond acceptors (Lipinski definition) is 3. The van der Waals surface area contributed by atoms with Gasteiger partial charge in [0.25, 0.3) is 5.91 Å². The number of phenols is 1. The quantitative estimate of drug-likeness (QED) is 0.853. The zero-order valence-corrected chi connectivity index (χ0v) is 17.1. The van der Waals surface area contributed by atoms with Crippen LogP contribution in [0.25, 0.3) is 0 Å². The normalized spacial score (nSPS) is 23.2. The molecule has 2 aromatic rings. The number of amides is 3. The summed E-state index contributed by atoms with van der Waals surface area (Å²) in [5, 5.41) is 9.48. The maximum Gasteiger partial charge on any atom is 0.320 e. The van der Waals surface area contributed by atoms with Crippen molar-refractivity contribution in [1.29, 1.82) is 0 Å². The fraction of sp³-hybridized carbons (Fsp3) is 0.391. The lowest BCUT2D eigenvalue weighted by molar-refractivity contribution is 0.0766. The van der Waals surface area contributed by atoms with Gasteiger partial charge in [0.15, 0.2) is 0 Å². The molecule has 2 saturated heterocycles. The molecule has 0 spiro atoms. The summed E-state index contributed by atoms with van der Waals surface area (Å²) in [6, 6.07) is 14.6. The minimum atomic E-state index is -0.0336. The summed E-state index contributed by atoms with van der Waals surface area (Å²) in [7, 11) is 3.57. The SMILES string of the molecule is Cc1ccccc1[C@H]1[C@@H]2CN(C(=O)c3ccc(O)cc3)C[C@@H]2CN1C(=O)N(C)C. The molecular weight excluding hydrogens is 366 g/mol. The number of fused-ring (bicyclic) bond motifs is 1. The maximum atomic E-state index is 13.0. The first-order valence-electron chi connectivity index (χ1n) is 9.98. The van der Waals surface area contributed by atoms with Gasteiger partial charge in [-0.15, -0.1) is 0 Å². The largest absolute Gasteiger partial charge is 0.508 e. The van der Waals surface area contributed by atoms with Crippen molar-refractivity contribution in [3.05, 3.63) is 65.2 Å². The molecule has 3 amide bonds. The van der Waals surface area contributed by atoms with Crippen molar-refractivity contribution in [2.75, 3.05) is 33.7 Å². The van der Waals surface area contributed by atoms with Crippen molar-refractivity contribution in [2.45, 2.75) is 13.0 Å². The first-order chi connectivity index (χ1) is 13.9. The third-order valence-electron chi connectivity index (χ3n) is 6.20. The summed E-state index contributed by atoms with van der Waals surface area (Å²) in [5.41, 5.74) is 2.91. The first kappa shape index (κ1) is 19.3. The number of carbonyl (C=O) groups excluding carboxylic acids is 2. The molecule has 29 heavy (non-hydrogen) atoms. The van der Waals surface area contributed by atoms with Crippen molar-refractivity contribution in [1.82, 2.24) is 14.7 Å². The van der Waals surface area contributed by atoms with Gasteiger partial charge in [-0.1, -0.05) is 24.3 Å². The molecule has 1 N–H and O–H groups in total. The van der Waals surface area contributed by atoms with Crippen molar-refractivity contribution in [3.63, 3.8) is 0 Å². The van der Waals surface area contributed by atoms with E-state index in [1.165, 1.54) is 12.1 Å². The average molecular weight is 393 g/mol. The molecule has 6 nitrogen and oxygen atoms in total. The third-order valence-corrected chi connectivity index (χ3v) is 6.20. The van der Waals surface area contributed by atoms with Crippen LogP contribution in [0.2, 0.25) is 0 Å². The molecule has 2 aliphatic heterocycles. The Labute approximate surface area is 171 Å². The molecule has 2 aliphatic rings. The molecule has 2 fully saturated rings. The Bertz CT molecular complexity index is 925. The number of urea groups is 1. The Morgan fingerprint density at radius 3 is 2.34 bits per heavy atom. The molecular formula is C23H27N3O3. The summed E-state index contributed by atoms with van der Waals surface area (Å²) in [6.07, 6.45) is 0. The van der Waals surface area contributed by atoms with E-state index in [2.05, 4.69) is 19.1 Å². The molecule has 152 valence electrons. The van der Waals surface area contributed by atoms with Crippen LogP contribution in [0.1, 0.15) is 27.5 Å². The first-order valence-corrected chi connectivity index (χ1v) is 9.98. The third kappa shape index (κ3) is 3.43. The Balaban J connectivity index is 1.62. The number of benzene rings is 2. The summed E-state index contributed by atoms with van der Waals surface area (Å²) in [4.78, 5) is 31.4. The van der Waals surface area contributed by atoms with Crippen LogP contribution in [0, 0.1) is 18.8 Å². The number of hydrogen-bond donors (Lipinski definition) is 1. The van der Waals surface area contributed by atoms with Crippen LogP contribution < -0.4 is 0 Å². The lowest BCUT2D eigenvalue weighted by Gasteiger charge is -2.32. The van der Waals surface area contributed by atoms with Crippen LogP contribution >= 0.6 is 0 Å². The zero-order valence-electron chi connectivity index (χ0n) is 17.1. The number of likely N-dealkylation sites (tertiary alicyclic amines) is 2. The van der Waals surface area contributed by atoms with Gasteiger partial charge in [0.05, 0.1) is 6.04 Å². The highest BCUT2D eigenvalue weighted by molar-refractivity contribution is 5.94. The number of carbonyl (C=O) groups is 2. The fourth-order valence-electron chi connectivity index (χ4n) is 4.77. The molecule has 2 heterocycles. The van der Waals surface area contributed by atoms with Crippen LogP contribution in [0.5, 0.6) is 5.75 Å². The second-order valence-electron chi connectivity index (χ2n) is 8.31. The van der Waals surface area contributed by atoms with E-state index >= 15 is 0 Å². The fourth-order valence-corrected chi connectivity index (χ4v) is 4.77. The van der Waals surface area contributed by atoms with Gasteiger partial charge in [-0.25, -0.2) is 4.79 Å². The van der Waals surface area contributed by atoms with Crippen molar-refractivity contribution < 1.29 is 14.7 Å². The minimum absolute atomic E-state index is 0.0177. The second-order valence-corrected chi connectivity index (χ2v) is 8.31. The van der Waals surface area contributed by atoms with Crippen LogP contribution in [0.4, 0.5) is 4.79 Å². The smallest absolute Gasteiger partial charge is 0.320 e. The van der Waals surface area contributed by atoms with Gasteiger partial charge < -0.3 is 19.8 Å². The molecule has 0 unspecified atom stereocenters. The highest BCUT2D eigenvalue weighted by atomic mass is 16.3. The van der Waals surface area contributed by atoms with Gasteiger partial charge in [-0.05, 0) is 42.3 Å². The molecule has 0 radical (unpaired) electrons. The Morgan fingerprint density at radius 2 is 1.69 bits per heavy atom. The lowest BCUT2D eigenvalue weighted by Crippen LogP contribution is -2.42. The predicted molar refractivity (Wildman–Crippen MR) is 111 cm³/mol. The molecule has 3 atom stereocenters. The van der Waals surface area contributed by atoms with Crippen LogP contribution in [-0.2, 0) is 0 Å². The molecule has 0 aromatic heterocycles. The molecule has 6 heteroatoms. The van der Waals surface area contributed by atoms with Crippen molar-refractivity contribution in [2.24, 2.45) is 11.8 Å². The predicted octanol–water partition coefficient (Wildman–Crippen LogP) is 3.13. The van der Waals surface area contributed by atoms with Gasteiger partial charge in [0.1, 0.15) is 5.75 Å². The van der Waals surface area contributed by atoms with E-state index in [-0.39, 0.29) is 35.6 Å². The van der Waals surface area contributed by atoms with Gasteiger partial charge in [-0.2, -0.15) is 0 Å². The Morgan fingerprint density at radius 1 is 1.00 bits per heavy atom. The summed E-state index contributed by atoms with van der Waals surface area (Å²) < 4.78 is 0. The summed E-state index contributed by atoms with van der Waals surface area (Å²) in [6.45, 7) is 4.00. The maximum absolute atomic E-state index is 13.0. The second kappa shape index (κ2) is 7.43. The topological polar surface area (TPSA) is 64.1 Å². The van der Waals surface area contributed by atoms with E-state index in [4.69, 9.17) is 0 Å². The van der Waals surface area contributed by atoms with E-state index in [9.17, 15) is 14.7 Å². The van der Waals surface area contributed by atoms with Crippen LogP contribution in [0.15, 0.2) is 48.5 Å². The van der Waals surface area contributed by atoms with Gasteiger partial charge in [0, 0.05) is 51.1 Å². The number of rotatable bonds is 2. The van der Waals surface area contributed by atoms with Gasteiger partial charge >= 0.3 is 6.03 Å². The van der Waals surface area contributed by atoms with E-state index in [0.29, 0.717) is 25.2 Å². The van der Waals surface area contributed by atoms with Gasteiger partial charge in [-0.3, -0.25) is 4.79 Å². The highest BCUT2D eigenvalue weighted by Gasteiger charge is 2.50. The average Bonchev–Trinajstić information content (AvgIpc) is 3.26. The molecule has 4 rings (SSSR count). The number of aromatic hydroxyl groups is 1. The molecule has 2 aromatic carbocycles. The summed E-state index contributed by atoms with van der Waals surface area (Å²) >= 11 is 0. The number of phenolic OH excluding ortho intramolecular Hbond substituents is 1. The van der Waals surface area contributed by atoms with E-state index in [1.807, 2.05) is 21.9 Å². The molecule has 0 bridgehead atoms. The van der Waals surface area contributed by atoms with E-state index < -0.39 is 0 Å². The number of nitrogens with zero attached hydrogens (tertiary/aromatic N) is 3. The number of aryl methyl sites for hydroxylation is 1. The highest BCUT2D eigenvalue weighted by Crippen LogP contribution is 2.46. The lowest BCUT2D eigenvalue weighted by atomic mass is 9.88. The zero-order chi connectivity index (χ0) is 20.7. The van der Waals surface area contributed by atoms with Crippen molar-refractivity contribution >= 4 is 11.9 Å². The van der Waals surface area contributed by atoms with Crippen molar-refractivity contribution in [3.8, 4) is 5.75 Å². The summed E-state index contributed by atoms with van der Waals surface area (Å²) in [5.74, 6) is 0.594. The monoisotopic (exact) mass is 393 g/mol. The van der Waals surface area contributed by atoms with Gasteiger partial charge in [0.2, 0.25) is 0 Å². The Kier molecular flexibility index (Phi) is 4.94. The Hall–Kier alpha value is -3.02. The van der Waals surface area contributed by atoms with Crippen LogP contribution in [0.3, 0.4) is 0 Å². The minimum Gasteiger partial charge on any atom is -0.508 e. The standard InChI is InChI=1S/C23H27N3O3/c1-15-6-4-5-7-19(15)21-20-14-25(22(28)16-8-10-18(27)11-9-16)12-17(20)13-26(21)23(29)24(2)3/h4-11,17,20-21,27H,12-14H2,1-3H3/t17-,20-,21+/m1/s1. The van der Waals surface area contributed by atoms with E-state index in [1.54, 1.807) is 31.1 Å². The molecule has 0 saturated carbocycles. The van der Waals surface area contributed by atoms with E-state index in [0.717, 1.165) is 11.1 Å². The molecule has 0 aliphatic carbocycles. The van der Waals surface area contributed by atoms with Crippen LogP contribution in [-0.4, -0.2) is 65.5 Å².